The van der Waals surface area contributed by atoms with Gasteiger partial charge in [0, 0.05) is 11.3 Å². The van der Waals surface area contributed by atoms with Crippen molar-refractivity contribution >= 4 is 0 Å². The zero-order chi connectivity index (χ0) is 10.6. The fourth-order valence-electron chi connectivity index (χ4n) is 1.30. The first-order valence-electron chi connectivity index (χ1n) is 5.25. The van der Waals surface area contributed by atoms with E-state index in [2.05, 4.69) is 31.8 Å². The maximum Gasteiger partial charge on any atom is 0.217 e. The molecule has 1 heterocycles. The molecular weight excluding hydrogens is 174 g/mol. The van der Waals surface area contributed by atoms with Gasteiger partial charge in [0.05, 0.1) is 6.61 Å². The van der Waals surface area contributed by atoms with Gasteiger partial charge in [-0.25, -0.2) is 4.98 Å². The molecule has 0 radical (unpaired) electrons. The van der Waals surface area contributed by atoms with Crippen LogP contribution in [0.15, 0.2) is 12.1 Å². The Hall–Kier alpha value is -1.05. The summed E-state index contributed by atoms with van der Waals surface area (Å²) in [6, 6.07) is 4.14. The molecule has 1 aromatic rings. The topological polar surface area (TPSA) is 22.1 Å². The number of rotatable bonds is 4. The van der Waals surface area contributed by atoms with Crippen molar-refractivity contribution in [2.75, 3.05) is 6.61 Å². The van der Waals surface area contributed by atoms with Crippen LogP contribution in [-0.2, 0) is 0 Å². The summed E-state index contributed by atoms with van der Waals surface area (Å²) < 4.78 is 5.62. The lowest BCUT2D eigenvalue weighted by Gasteiger charge is -2.12. The summed E-state index contributed by atoms with van der Waals surface area (Å²) in [6.45, 7) is 9.15. The summed E-state index contributed by atoms with van der Waals surface area (Å²) in [7, 11) is 0. The molecule has 0 saturated heterocycles. The summed E-state index contributed by atoms with van der Waals surface area (Å²) in [4.78, 5) is 4.41. The first-order valence-corrected chi connectivity index (χ1v) is 5.25. The number of hydrogen-bond acceptors (Lipinski definition) is 2. The Kier molecular flexibility index (Phi) is 3.93. The lowest BCUT2D eigenvalue weighted by Crippen LogP contribution is -2.03. The van der Waals surface area contributed by atoms with Gasteiger partial charge in [-0.1, -0.05) is 26.8 Å². The zero-order valence-corrected chi connectivity index (χ0v) is 9.50. The number of hydrogen-bond donors (Lipinski definition) is 0. The van der Waals surface area contributed by atoms with Gasteiger partial charge in [0.25, 0.3) is 0 Å². The third-order valence-electron chi connectivity index (χ3n) is 2.09. The van der Waals surface area contributed by atoms with Crippen LogP contribution >= 0.6 is 0 Å². The normalized spacial score (nSPS) is 10.6. The number of nitrogens with zero attached hydrogens (tertiary/aromatic N) is 1. The van der Waals surface area contributed by atoms with Gasteiger partial charge in [0.1, 0.15) is 0 Å². The molecule has 0 aliphatic rings. The van der Waals surface area contributed by atoms with Gasteiger partial charge < -0.3 is 4.74 Å². The fourth-order valence-corrected chi connectivity index (χ4v) is 1.30. The van der Waals surface area contributed by atoms with E-state index < -0.39 is 0 Å². The Labute approximate surface area is 86.3 Å². The van der Waals surface area contributed by atoms with Crippen molar-refractivity contribution in [1.29, 1.82) is 0 Å². The van der Waals surface area contributed by atoms with Gasteiger partial charge in [-0.15, -0.1) is 0 Å². The van der Waals surface area contributed by atoms with E-state index in [0.717, 1.165) is 24.6 Å². The monoisotopic (exact) mass is 193 g/mol. The van der Waals surface area contributed by atoms with E-state index in [1.165, 1.54) is 5.56 Å². The standard InChI is InChI=1S/C12H19NO/c1-5-8-14-12-11(9(2)3)7-6-10(4)13-12/h6-7,9H,5,8H2,1-4H3. The van der Waals surface area contributed by atoms with Crippen molar-refractivity contribution in [3.8, 4) is 5.88 Å². The second-order valence-corrected chi connectivity index (χ2v) is 3.85. The average Bonchev–Trinajstić information content (AvgIpc) is 2.14. The largest absolute Gasteiger partial charge is 0.477 e. The number of aryl methyl sites for hydroxylation is 1. The first kappa shape index (κ1) is 11.0. The highest BCUT2D eigenvalue weighted by Crippen LogP contribution is 2.24. The molecule has 0 amide bonds. The average molecular weight is 193 g/mol. The van der Waals surface area contributed by atoms with E-state index >= 15 is 0 Å². The van der Waals surface area contributed by atoms with Crippen LogP contribution in [0.2, 0.25) is 0 Å². The Morgan fingerprint density at radius 1 is 1.36 bits per heavy atom. The van der Waals surface area contributed by atoms with E-state index in [1.807, 2.05) is 13.0 Å². The van der Waals surface area contributed by atoms with Crippen LogP contribution in [0.1, 0.15) is 44.4 Å². The van der Waals surface area contributed by atoms with Gasteiger partial charge in [-0.05, 0) is 25.3 Å². The molecule has 0 bridgehead atoms. The minimum Gasteiger partial charge on any atom is -0.477 e. The van der Waals surface area contributed by atoms with E-state index in [0.29, 0.717) is 5.92 Å². The van der Waals surface area contributed by atoms with Crippen LogP contribution in [0.25, 0.3) is 0 Å². The van der Waals surface area contributed by atoms with E-state index in [9.17, 15) is 0 Å². The third-order valence-corrected chi connectivity index (χ3v) is 2.09. The molecule has 1 rings (SSSR count). The molecule has 2 nitrogen and oxygen atoms in total. The summed E-state index contributed by atoms with van der Waals surface area (Å²) in [5.74, 6) is 1.27. The van der Waals surface area contributed by atoms with E-state index in [1.54, 1.807) is 0 Å². The summed E-state index contributed by atoms with van der Waals surface area (Å²) in [5.41, 5.74) is 2.21. The molecule has 0 aromatic carbocycles. The highest BCUT2D eigenvalue weighted by atomic mass is 16.5. The lowest BCUT2D eigenvalue weighted by molar-refractivity contribution is 0.300. The molecular formula is C12H19NO. The summed E-state index contributed by atoms with van der Waals surface area (Å²) in [6.07, 6.45) is 1.02. The SMILES string of the molecule is CCCOc1nc(C)ccc1C(C)C. The van der Waals surface area contributed by atoms with E-state index in [-0.39, 0.29) is 0 Å². The molecule has 0 fully saturated rings. The smallest absolute Gasteiger partial charge is 0.217 e. The number of pyridine rings is 1. The molecule has 0 aliphatic carbocycles. The zero-order valence-electron chi connectivity index (χ0n) is 9.50. The van der Waals surface area contributed by atoms with Gasteiger partial charge >= 0.3 is 0 Å². The van der Waals surface area contributed by atoms with Crippen LogP contribution in [0.3, 0.4) is 0 Å². The molecule has 1 aromatic heterocycles. The summed E-state index contributed by atoms with van der Waals surface area (Å²) >= 11 is 0. The molecule has 0 spiro atoms. The van der Waals surface area contributed by atoms with Crippen molar-refractivity contribution in [3.63, 3.8) is 0 Å². The Bertz CT molecular complexity index is 294. The predicted molar refractivity (Wildman–Crippen MR) is 58.8 cm³/mol. The molecule has 78 valence electrons. The maximum atomic E-state index is 5.62. The lowest BCUT2D eigenvalue weighted by atomic mass is 10.0. The van der Waals surface area contributed by atoms with Crippen LogP contribution in [0.4, 0.5) is 0 Å². The van der Waals surface area contributed by atoms with E-state index in [4.69, 9.17) is 4.74 Å². The number of aromatic nitrogens is 1. The van der Waals surface area contributed by atoms with Crippen molar-refractivity contribution < 1.29 is 4.74 Å². The van der Waals surface area contributed by atoms with Crippen LogP contribution in [-0.4, -0.2) is 11.6 Å². The van der Waals surface area contributed by atoms with Gasteiger partial charge in [0.2, 0.25) is 5.88 Å². The molecule has 0 unspecified atom stereocenters. The number of ether oxygens (including phenoxy) is 1. The molecule has 0 aliphatic heterocycles. The van der Waals surface area contributed by atoms with Crippen molar-refractivity contribution in [2.24, 2.45) is 0 Å². The van der Waals surface area contributed by atoms with Gasteiger partial charge in [-0.2, -0.15) is 0 Å². The molecule has 0 N–H and O–H groups in total. The molecule has 0 saturated carbocycles. The minimum atomic E-state index is 0.468. The van der Waals surface area contributed by atoms with Crippen molar-refractivity contribution in [1.82, 2.24) is 4.98 Å². The van der Waals surface area contributed by atoms with Crippen LogP contribution < -0.4 is 4.74 Å². The van der Waals surface area contributed by atoms with Crippen LogP contribution in [0, 0.1) is 6.92 Å². The molecule has 14 heavy (non-hydrogen) atoms. The quantitative estimate of drug-likeness (QED) is 0.732. The van der Waals surface area contributed by atoms with Gasteiger partial charge in [0.15, 0.2) is 0 Å². The Morgan fingerprint density at radius 2 is 2.07 bits per heavy atom. The third kappa shape index (κ3) is 2.72. The van der Waals surface area contributed by atoms with Crippen LogP contribution in [0.5, 0.6) is 5.88 Å². The first-order chi connectivity index (χ1) is 6.65. The summed E-state index contributed by atoms with van der Waals surface area (Å²) in [5, 5.41) is 0. The Balaban J connectivity index is 2.91. The van der Waals surface area contributed by atoms with Crippen molar-refractivity contribution in [2.45, 2.75) is 40.0 Å². The van der Waals surface area contributed by atoms with Gasteiger partial charge in [-0.3, -0.25) is 0 Å². The highest BCUT2D eigenvalue weighted by molar-refractivity contribution is 5.30. The van der Waals surface area contributed by atoms with Crippen molar-refractivity contribution in [3.05, 3.63) is 23.4 Å². The fraction of sp³-hybridized carbons (Fsp3) is 0.583. The Morgan fingerprint density at radius 3 is 2.64 bits per heavy atom. The second kappa shape index (κ2) is 4.99. The highest BCUT2D eigenvalue weighted by Gasteiger charge is 2.08. The predicted octanol–water partition coefficient (Wildman–Crippen LogP) is 3.30. The molecule has 0 atom stereocenters. The molecule has 2 heteroatoms. The maximum absolute atomic E-state index is 5.62. The minimum absolute atomic E-state index is 0.468. The second-order valence-electron chi connectivity index (χ2n) is 3.85.